The van der Waals surface area contributed by atoms with Crippen molar-refractivity contribution in [2.24, 2.45) is 5.73 Å². The fourth-order valence-corrected chi connectivity index (χ4v) is 3.22. The standard InChI is InChI=1S/C14H23N3O3S/c1-19-10-11(15)14(18)16-9-12(13-3-2-8-21-13)17-4-6-20-7-5-17/h2-3,8,11-12H,4-7,9-10,15H2,1H3,(H,16,18). The van der Waals surface area contributed by atoms with Gasteiger partial charge in [-0.2, -0.15) is 0 Å². The number of ether oxygens (including phenoxy) is 2. The van der Waals surface area contributed by atoms with Crippen LogP contribution in [-0.2, 0) is 14.3 Å². The van der Waals surface area contributed by atoms with Gasteiger partial charge in [0.1, 0.15) is 6.04 Å². The maximum absolute atomic E-state index is 11.9. The van der Waals surface area contributed by atoms with E-state index in [1.165, 1.54) is 12.0 Å². The van der Waals surface area contributed by atoms with Crippen LogP contribution < -0.4 is 11.1 Å². The summed E-state index contributed by atoms with van der Waals surface area (Å²) in [4.78, 5) is 15.5. The minimum atomic E-state index is -0.622. The molecule has 1 saturated heterocycles. The van der Waals surface area contributed by atoms with Gasteiger partial charge >= 0.3 is 0 Å². The second kappa shape index (κ2) is 8.45. The van der Waals surface area contributed by atoms with E-state index in [-0.39, 0.29) is 18.6 Å². The number of hydrogen-bond acceptors (Lipinski definition) is 6. The Morgan fingerprint density at radius 1 is 1.57 bits per heavy atom. The van der Waals surface area contributed by atoms with Crippen molar-refractivity contribution in [1.82, 2.24) is 10.2 Å². The third-order valence-corrected chi connectivity index (χ3v) is 4.48. The molecule has 1 aliphatic heterocycles. The van der Waals surface area contributed by atoms with E-state index in [0.717, 1.165) is 26.3 Å². The van der Waals surface area contributed by atoms with Crippen molar-refractivity contribution in [2.45, 2.75) is 12.1 Å². The summed E-state index contributed by atoms with van der Waals surface area (Å²) in [5.74, 6) is -0.174. The summed E-state index contributed by atoms with van der Waals surface area (Å²) >= 11 is 1.71. The number of nitrogens with two attached hydrogens (primary N) is 1. The average Bonchev–Trinajstić information content (AvgIpc) is 3.03. The highest BCUT2D eigenvalue weighted by Crippen LogP contribution is 2.25. The molecular weight excluding hydrogens is 290 g/mol. The fraction of sp³-hybridized carbons (Fsp3) is 0.643. The highest BCUT2D eigenvalue weighted by molar-refractivity contribution is 7.10. The third-order valence-electron chi connectivity index (χ3n) is 3.51. The summed E-state index contributed by atoms with van der Waals surface area (Å²) in [6, 6.07) is 3.69. The molecule has 1 fully saturated rings. The molecule has 0 aliphatic carbocycles. The molecule has 3 N–H and O–H groups in total. The fourth-order valence-electron chi connectivity index (χ4n) is 2.36. The minimum Gasteiger partial charge on any atom is -0.383 e. The van der Waals surface area contributed by atoms with Gasteiger partial charge in [-0.1, -0.05) is 6.07 Å². The van der Waals surface area contributed by atoms with Crippen LogP contribution in [0, 0.1) is 0 Å². The quantitative estimate of drug-likeness (QED) is 0.752. The van der Waals surface area contributed by atoms with Gasteiger partial charge in [0, 0.05) is 31.6 Å². The van der Waals surface area contributed by atoms with Crippen LogP contribution in [0.4, 0.5) is 0 Å². The maximum atomic E-state index is 11.9. The van der Waals surface area contributed by atoms with E-state index in [9.17, 15) is 4.79 Å². The molecule has 6 nitrogen and oxygen atoms in total. The van der Waals surface area contributed by atoms with Gasteiger partial charge in [-0.25, -0.2) is 0 Å². The van der Waals surface area contributed by atoms with Crippen LogP contribution in [0.5, 0.6) is 0 Å². The summed E-state index contributed by atoms with van der Waals surface area (Å²) in [5.41, 5.74) is 5.74. The molecule has 0 bridgehead atoms. The largest absolute Gasteiger partial charge is 0.383 e. The van der Waals surface area contributed by atoms with Crippen LogP contribution in [0.2, 0.25) is 0 Å². The Hall–Kier alpha value is -0.990. The summed E-state index contributed by atoms with van der Waals surface area (Å²) in [7, 11) is 1.54. The van der Waals surface area contributed by atoms with Gasteiger partial charge in [0.05, 0.1) is 25.9 Å². The molecule has 1 aliphatic rings. The summed E-state index contributed by atoms with van der Waals surface area (Å²) in [5, 5.41) is 4.99. The number of methoxy groups -OCH3 is 1. The van der Waals surface area contributed by atoms with Crippen LogP contribution in [0.25, 0.3) is 0 Å². The Kier molecular flexibility index (Phi) is 6.59. The molecule has 2 atom stereocenters. The lowest BCUT2D eigenvalue weighted by atomic mass is 10.1. The topological polar surface area (TPSA) is 76.8 Å². The lowest BCUT2D eigenvalue weighted by Crippen LogP contribution is -2.48. The molecule has 21 heavy (non-hydrogen) atoms. The lowest BCUT2D eigenvalue weighted by Gasteiger charge is -2.34. The Bertz CT molecular complexity index is 421. The molecule has 2 rings (SSSR count). The van der Waals surface area contributed by atoms with Crippen molar-refractivity contribution in [3.63, 3.8) is 0 Å². The molecular formula is C14H23N3O3S. The van der Waals surface area contributed by atoms with E-state index in [0.29, 0.717) is 6.54 Å². The van der Waals surface area contributed by atoms with Crippen molar-refractivity contribution < 1.29 is 14.3 Å². The zero-order valence-electron chi connectivity index (χ0n) is 12.3. The highest BCUT2D eigenvalue weighted by Gasteiger charge is 2.24. The molecule has 0 spiro atoms. The van der Waals surface area contributed by atoms with E-state index in [1.807, 2.05) is 6.07 Å². The first-order valence-corrected chi connectivity index (χ1v) is 7.97. The van der Waals surface area contributed by atoms with Gasteiger partial charge in [0.15, 0.2) is 0 Å². The SMILES string of the molecule is COCC(N)C(=O)NCC(c1cccs1)N1CCOCC1. The van der Waals surface area contributed by atoms with Crippen LogP contribution in [0.15, 0.2) is 17.5 Å². The van der Waals surface area contributed by atoms with Crippen molar-refractivity contribution in [3.8, 4) is 0 Å². The third kappa shape index (κ3) is 4.76. The summed E-state index contributed by atoms with van der Waals surface area (Å²) < 4.78 is 10.3. The number of thiophene rings is 1. The van der Waals surface area contributed by atoms with E-state index in [4.69, 9.17) is 15.2 Å². The number of hydrogen-bond donors (Lipinski definition) is 2. The minimum absolute atomic E-state index is 0.174. The number of rotatable bonds is 7. The van der Waals surface area contributed by atoms with E-state index in [1.54, 1.807) is 11.3 Å². The predicted molar refractivity (Wildman–Crippen MR) is 82.3 cm³/mol. The predicted octanol–water partition coefficient (Wildman–Crippen LogP) is 0.211. The molecule has 7 heteroatoms. The van der Waals surface area contributed by atoms with Crippen molar-refractivity contribution >= 4 is 17.2 Å². The monoisotopic (exact) mass is 313 g/mol. The van der Waals surface area contributed by atoms with Gasteiger partial charge in [0.2, 0.25) is 5.91 Å². The number of morpholine rings is 1. The summed E-state index contributed by atoms with van der Waals surface area (Å²) in [6.45, 7) is 4.01. The second-order valence-corrected chi connectivity index (χ2v) is 5.97. The molecule has 2 unspecified atom stereocenters. The molecule has 0 aromatic carbocycles. The molecule has 1 aromatic rings. The van der Waals surface area contributed by atoms with E-state index < -0.39 is 6.04 Å². The maximum Gasteiger partial charge on any atom is 0.239 e. The van der Waals surface area contributed by atoms with Crippen molar-refractivity contribution in [3.05, 3.63) is 22.4 Å². The molecule has 0 radical (unpaired) electrons. The van der Waals surface area contributed by atoms with Gasteiger partial charge in [-0.15, -0.1) is 11.3 Å². The van der Waals surface area contributed by atoms with Gasteiger partial charge in [0.25, 0.3) is 0 Å². The van der Waals surface area contributed by atoms with Crippen LogP contribution in [0.3, 0.4) is 0 Å². The smallest absolute Gasteiger partial charge is 0.239 e. The molecule has 1 amide bonds. The van der Waals surface area contributed by atoms with Crippen LogP contribution in [0.1, 0.15) is 10.9 Å². The average molecular weight is 313 g/mol. The van der Waals surface area contributed by atoms with Crippen LogP contribution in [-0.4, -0.2) is 63.4 Å². The van der Waals surface area contributed by atoms with E-state index in [2.05, 4.69) is 21.7 Å². The highest BCUT2D eigenvalue weighted by atomic mass is 32.1. The first kappa shape index (κ1) is 16.4. The zero-order chi connectivity index (χ0) is 15.1. The number of nitrogens with zero attached hydrogens (tertiary/aromatic N) is 1. The van der Waals surface area contributed by atoms with Gasteiger partial charge in [-0.3, -0.25) is 9.69 Å². The Labute approximate surface area is 129 Å². The zero-order valence-corrected chi connectivity index (χ0v) is 13.1. The van der Waals surface area contributed by atoms with Crippen molar-refractivity contribution in [1.29, 1.82) is 0 Å². The first-order valence-electron chi connectivity index (χ1n) is 7.09. The Morgan fingerprint density at radius 3 is 2.95 bits per heavy atom. The lowest BCUT2D eigenvalue weighted by molar-refractivity contribution is -0.123. The van der Waals surface area contributed by atoms with E-state index >= 15 is 0 Å². The molecule has 1 aromatic heterocycles. The normalized spacial score (nSPS) is 19.1. The van der Waals surface area contributed by atoms with Gasteiger partial charge < -0.3 is 20.5 Å². The molecule has 2 heterocycles. The Balaban J connectivity index is 1.94. The van der Waals surface area contributed by atoms with Crippen LogP contribution >= 0.6 is 11.3 Å². The number of nitrogens with one attached hydrogen (secondary N) is 1. The second-order valence-electron chi connectivity index (χ2n) is 4.99. The number of carbonyl (C=O) groups excluding carboxylic acids is 1. The number of amides is 1. The molecule has 0 saturated carbocycles. The first-order chi connectivity index (χ1) is 10.2. The Morgan fingerprint density at radius 2 is 2.33 bits per heavy atom. The number of carbonyl (C=O) groups is 1. The van der Waals surface area contributed by atoms with Crippen molar-refractivity contribution in [2.75, 3.05) is 46.6 Å². The summed E-state index contributed by atoms with van der Waals surface area (Å²) in [6.07, 6.45) is 0. The van der Waals surface area contributed by atoms with Gasteiger partial charge in [-0.05, 0) is 11.4 Å². The molecule has 118 valence electrons.